The van der Waals surface area contributed by atoms with Gasteiger partial charge in [-0.05, 0) is 12.8 Å². The minimum absolute atomic E-state index is 0.183. The Labute approximate surface area is 91.9 Å². The van der Waals surface area contributed by atoms with Gasteiger partial charge >= 0.3 is 6.03 Å². The van der Waals surface area contributed by atoms with E-state index in [0.29, 0.717) is 5.13 Å². The van der Waals surface area contributed by atoms with Gasteiger partial charge in [0.15, 0.2) is 5.13 Å². The highest BCUT2D eigenvalue weighted by Gasteiger charge is 2.16. The standard InChI is InChI=1S/C9H13N3O2S/c13-8(12-9-10-3-6-15-9)11-7-1-4-14-5-2-7/h3,6-7H,1-2,4-5H2,(H2,10,11,12,13). The van der Waals surface area contributed by atoms with Crippen LogP contribution in [0.15, 0.2) is 11.6 Å². The van der Waals surface area contributed by atoms with Crippen LogP contribution in [-0.4, -0.2) is 30.3 Å². The molecule has 1 aliphatic heterocycles. The molecule has 0 aliphatic carbocycles. The van der Waals surface area contributed by atoms with Crippen LogP contribution in [0.2, 0.25) is 0 Å². The SMILES string of the molecule is O=C(Nc1nccs1)NC1CCOCC1. The molecule has 2 N–H and O–H groups in total. The first kappa shape index (κ1) is 10.4. The first-order valence-corrected chi connectivity index (χ1v) is 5.77. The van der Waals surface area contributed by atoms with Gasteiger partial charge in [-0.25, -0.2) is 9.78 Å². The van der Waals surface area contributed by atoms with Crippen molar-refractivity contribution in [2.75, 3.05) is 18.5 Å². The van der Waals surface area contributed by atoms with Crippen LogP contribution >= 0.6 is 11.3 Å². The van der Waals surface area contributed by atoms with Crippen LogP contribution in [-0.2, 0) is 4.74 Å². The van der Waals surface area contributed by atoms with Crippen LogP contribution in [0, 0.1) is 0 Å². The molecule has 2 heterocycles. The lowest BCUT2D eigenvalue weighted by Crippen LogP contribution is -2.41. The van der Waals surface area contributed by atoms with Gasteiger partial charge in [-0.1, -0.05) is 0 Å². The lowest BCUT2D eigenvalue weighted by Gasteiger charge is -2.22. The fourth-order valence-electron chi connectivity index (χ4n) is 1.45. The van der Waals surface area contributed by atoms with E-state index < -0.39 is 0 Å². The van der Waals surface area contributed by atoms with E-state index in [4.69, 9.17) is 4.74 Å². The first-order valence-electron chi connectivity index (χ1n) is 4.89. The number of nitrogens with one attached hydrogen (secondary N) is 2. The topological polar surface area (TPSA) is 63.2 Å². The van der Waals surface area contributed by atoms with Crippen molar-refractivity contribution in [3.63, 3.8) is 0 Å². The highest BCUT2D eigenvalue weighted by molar-refractivity contribution is 7.13. The van der Waals surface area contributed by atoms with Gasteiger partial charge in [0.05, 0.1) is 0 Å². The molecule has 2 amide bonds. The Morgan fingerprint density at radius 2 is 2.33 bits per heavy atom. The van der Waals surface area contributed by atoms with Crippen LogP contribution in [0.5, 0.6) is 0 Å². The Bertz CT molecular complexity index is 309. The summed E-state index contributed by atoms with van der Waals surface area (Å²) in [5.41, 5.74) is 0. The number of ether oxygens (including phenoxy) is 1. The van der Waals surface area contributed by atoms with Gasteiger partial charge in [0.25, 0.3) is 0 Å². The molecule has 0 saturated carbocycles. The molecule has 0 spiro atoms. The Kier molecular flexibility index (Phi) is 3.52. The van der Waals surface area contributed by atoms with E-state index >= 15 is 0 Å². The zero-order chi connectivity index (χ0) is 10.5. The second-order valence-corrected chi connectivity index (χ2v) is 4.22. The quantitative estimate of drug-likeness (QED) is 0.803. The molecule has 1 aliphatic rings. The van der Waals surface area contributed by atoms with Gasteiger partial charge in [-0.3, -0.25) is 5.32 Å². The Hall–Kier alpha value is -1.14. The third kappa shape index (κ3) is 3.17. The minimum Gasteiger partial charge on any atom is -0.381 e. The second-order valence-electron chi connectivity index (χ2n) is 3.32. The van der Waals surface area contributed by atoms with Crippen molar-refractivity contribution >= 4 is 22.5 Å². The number of carbonyl (C=O) groups is 1. The summed E-state index contributed by atoms with van der Waals surface area (Å²) in [5.74, 6) is 0. The van der Waals surface area contributed by atoms with E-state index in [0.717, 1.165) is 26.1 Å². The Balaban J connectivity index is 1.76. The lowest BCUT2D eigenvalue weighted by molar-refractivity contribution is 0.0806. The summed E-state index contributed by atoms with van der Waals surface area (Å²) in [6, 6.07) is 0.0376. The molecular weight excluding hydrogens is 214 g/mol. The minimum atomic E-state index is -0.183. The molecule has 1 aromatic heterocycles. The number of aromatic nitrogens is 1. The number of nitrogens with zero attached hydrogens (tertiary/aromatic N) is 1. The monoisotopic (exact) mass is 227 g/mol. The van der Waals surface area contributed by atoms with Gasteiger partial charge < -0.3 is 10.1 Å². The number of urea groups is 1. The fourth-order valence-corrected chi connectivity index (χ4v) is 1.97. The molecule has 1 fully saturated rings. The summed E-state index contributed by atoms with van der Waals surface area (Å²) >= 11 is 1.41. The van der Waals surface area contributed by atoms with Crippen molar-refractivity contribution in [1.29, 1.82) is 0 Å². The molecule has 1 aromatic rings. The van der Waals surface area contributed by atoms with Crippen LogP contribution in [0.25, 0.3) is 0 Å². The molecular formula is C9H13N3O2S. The summed E-state index contributed by atoms with van der Waals surface area (Å²) in [7, 11) is 0. The maximum Gasteiger partial charge on any atom is 0.321 e. The number of hydrogen-bond donors (Lipinski definition) is 2. The van der Waals surface area contributed by atoms with Crippen LogP contribution in [0.1, 0.15) is 12.8 Å². The zero-order valence-electron chi connectivity index (χ0n) is 8.23. The highest BCUT2D eigenvalue weighted by atomic mass is 32.1. The molecule has 1 saturated heterocycles. The number of carbonyl (C=O) groups excluding carboxylic acids is 1. The molecule has 0 radical (unpaired) electrons. The maximum absolute atomic E-state index is 11.5. The van der Waals surface area contributed by atoms with Gasteiger partial charge in [0.2, 0.25) is 0 Å². The summed E-state index contributed by atoms with van der Waals surface area (Å²) in [6.45, 7) is 1.45. The van der Waals surface area contributed by atoms with Crippen molar-refractivity contribution in [2.45, 2.75) is 18.9 Å². The molecule has 0 unspecified atom stereocenters. The lowest BCUT2D eigenvalue weighted by atomic mass is 10.1. The summed E-state index contributed by atoms with van der Waals surface area (Å²) in [6.07, 6.45) is 3.42. The average Bonchev–Trinajstić information content (AvgIpc) is 2.71. The van der Waals surface area contributed by atoms with Gasteiger partial charge in [0.1, 0.15) is 0 Å². The smallest absolute Gasteiger partial charge is 0.321 e. The van der Waals surface area contributed by atoms with Crippen molar-refractivity contribution in [2.24, 2.45) is 0 Å². The molecule has 5 nitrogen and oxygen atoms in total. The summed E-state index contributed by atoms with van der Waals surface area (Å²) < 4.78 is 5.21. The molecule has 0 atom stereocenters. The third-order valence-electron chi connectivity index (χ3n) is 2.21. The van der Waals surface area contributed by atoms with Crippen LogP contribution < -0.4 is 10.6 Å². The number of anilines is 1. The second kappa shape index (κ2) is 5.09. The first-order chi connectivity index (χ1) is 7.34. The third-order valence-corrected chi connectivity index (χ3v) is 2.90. The van der Waals surface area contributed by atoms with Crippen LogP contribution in [0.3, 0.4) is 0 Å². The van der Waals surface area contributed by atoms with Crippen molar-refractivity contribution in [3.05, 3.63) is 11.6 Å². The Morgan fingerprint density at radius 1 is 1.53 bits per heavy atom. The highest BCUT2D eigenvalue weighted by Crippen LogP contribution is 2.11. The zero-order valence-corrected chi connectivity index (χ0v) is 9.05. The van der Waals surface area contributed by atoms with Crippen molar-refractivity contribution < 1.29 is 9.53 Å². The molecule has 0 bridgehead atoms. The largest absolute Gasteiger partial charge is 0.381 e. The summed E-state index contributed by atoms with van der Waals surface area (Å²) in [4.78, 5) is 15.5. The fraction of sp³-hybridized carbons (Fsp3) is 0.556. The summed E-state index contributed by atoms with van der Waals surface area (Å²) in [5, 5.41) is 8.03. The predicted octanol–water partition coefficient (Wildman–Crippen LogP) is 1.44. The molecule has 6 heteroatoms. The Morgan fingerprint density at radius 3 is 3.00 bits per heavy atom. The number of amides is 2. The number of hydrogen-bond acceptors (Lipinski definition) is 4. The normalized spacial score (nSPS) is 17.3. The van der Waals surface area contributed by atoms with Crippen molar-refractivity contribution in [3.8, 4) is 0 Å². The van der Waals surface area contributed by atoms with E-state index in [1.807, 2.05) is 5.38 Å². The van der Waals surface area contributed by atoms with Gasteiger partial charge in [0, 0.05) is 30.8 Å². The predicted molar refractivity (Wildman–Crippen MR) is 58.1 cm³/mol. The number of thiazole rings is 1. The van der Waals surface area contributed by atoms with Crippen molar-refractivity contribution in [1.82, 2.24) is 10.3 Å². The molecule has 0 aromatic carbocycles. The number of rotatable bonds is 2. The van der Waals surface area contributed by atoms with E-state index in [1.165, 1.54) is 11.3 Å². The van der Waals surface area contributed by atoms with E-state index in [9.17, 15) is 4.79 Å². The maximum atomic E-state index is 11.5. The van der Waals surface area contributed by atoms with E-state index in [2.05, 4.69) is 15.6 Å². The van der Waals surface area contributed by atoms with E-state index in [1.54, 1.807) is 6.20 Å². The average molecular weight is 227 g/mol. The van der Waals surface area contributed by atoms with Gasteiger partial charge in [-0.15, -0.1) is 11.3 Å². The molecule has 15 heavy (non-hydrogen) atoms. The van der Waals surface area contributed by atoms with Crippen LogP contribution in [0.4, 0.5) is 9.93 Å². The molecule has 2 rings (SSSR count). The molecule has 82 valence electrons. The van der Waals surface area contributed by atoms with Gasteiger partial charge in [-0.2, -0.15) is 0 Å². The van der Waals surface area contributed by atoms with E-state index in [-0.39, 0.29) is 12.1 Å².